The molecule has 0 rings (SSSR count). The minimum atomic E-state index is 0.567. The lowest BCUT2D eigenvalue weighted by molar-refractivity contribution is 1.10. The Balaban J connectivity index is 4.78. The molecule has 0 atom stereocenters. The van der Waals surface area contributed by atoms with E-state index in [4.69, 9.17) is 5.73 Å². The van der Waals surface area contributed by atoms with E-state index in [0.29, 0.717) is 5.70 Å². The Morgan fingerprint density at radius 1 is 1.58 bits per heavy atom. The standard InChI is InChI=1S/C10H16N2/c1-5-7-10(12-6-2)8(3)9(4)11/h5-6H,1,4,7,11H2,2-3H3/b10-8-,12-6-. The van der Waals surface area contributed by atoms with Crippen LogP contribution in [0.2, 0.25) is 0 Å². The van der Waals surface area contributed by atoms with E-state index in [0.717, 1.165) is 17.7 Å². The molecule has 12 heavy (non-hydrogen) atoms. The predicted molar refractivity (Wildman–Crippen MR) is 55.0 cm³/mol. The molecule has 2 heteroatoms. The van der Waals surface area contributed by atoms with Crippen LogP contribution in [0.25, 0.3) is 0 Å². The fourth-order valence-corrected chi connectivity index (χ4v) is 0.781. The molecule has 0 saturated carbocycles. The van der Waals surface area contributed by atoms with E-state index in [1.165, 1.54) is 0 Å². The van der Waals surface area contributed by atoms with Gasteiger partial charge in [-0.05, 0) is 19.4 Å². The molecule has 0 aromatic heterocycles. The number of rotatable bonds is 4. The van der Waals surface area contributed by atoms with Crippen LogP contribution in [0.1, 0.15) is 20.3 Å². The molecule has 0 bridgehead atoms. The SMILES string of the molecule is C=CCC(/N=C\C)=C(\C)C(=C)N. The molecule has 0 aliphatic heterocycles. The van der Waals surface area contributed by atoms with Gasteiger partial charge in [-0.25, -0.2) is 0 Å². The fraction of sp³-hybridized carbons (Fsp3) is 0.300. The van der Waals surface area contributed by atoms with Gasteiger partial charge in [0, 0.05) is 24.0 Å². The van der Waals surface area contributed by atoms with Crippen LogP contribution in [0.5, 0.6) is 0 Å². The first kappa shape index (κ1) is 10.7. The largest absolute Gasteiger partial charge is 0.399 e. The number of nitrogens with zero attached hydrogens (tertiary/aromatic N) is 1. The zero-order valence-electron chi connectivity index (χ0n) is 7.80. The summed E-state index contributed by atoms with van der Waals surface area (Å²) in [5, 5.41) is 0. The van der Waals surface area contributed by atoms with Crippen molar-refractivity contribution in [2.24, 2.45) is 10.7 Å². The molecule has 0 spiro atoms. The Morgan fingerprint density at radius 2 is 2.17 bits per heavy atom. The quantitative estimate of drug-likeness (QED) is 0.387. The first-order chi connectivity index (χ1) is 5.63. The van der Waals surface area contributed by atoms with Crippen LogP contribution in [0.4, 0.5) is 0 Å². The van der Waals surface area contributed by atoms with E-state index in [2.05, 4.69) is 18.2 Å². The lowest BCUT2D eigenvalue weighted by Gasteiger charge is -2.04. The third-order valence-electron chi connectivity index (χ3n) is 1.54. The van der Waals surface area contributed by atoms with Crippen molar-refractivity contribution >= 4 is 6.21 Å². The summed E-state index contributed by atoms with van der Waals surface area (Å²) in [7, 11) is 0. The van der Waals surface area contributed by atoms with Gasteiger partial charge in [-0.2, -0.15) is 0 Å². The maximum absolute atomic E-state index is 5.54. The lowest BCUT2D eigenvalue weighted by atomic mass is 10.1. The van der Waals surface area contributed by atoms with Gasteiger partial charge in [0.15, 0.2) is 0 Å². The van der Waals surface area contributed by atoms with Gasteiger partial charge in [0.05, 0.1) is 0 Å². The summed E-state index contributed by atoms with van der Waals surface area (Å²) in [5.41, 5.74) is 7.97. The first-order valence-corrected chi connectivity index (χ1v) is 3.87. The molecule has 0 fully saturated rings. The summed E-state index contributed by atoms with van der Waals surface area (Å²) in [4.78, 5) is 4.18. The molecule has 0 saturated heterocycles. The van der Waals surface area contributed by atoms with E-state index in [9.17, 15) is 0 Å². The summed E-state index contributed by atoms with van der Waals surface area (Å²) in [6.07, 6.45) is 4.27. The average Bonchev–Trinajstić information content (AvgIpc) is 2.03. The minimum Gasteiger partial charge on any atom is -0.399 e. The van der Waals surface area contributed by atoms with Crippen molar-refractivity contribution in [2.75, 3.05) is 0 Å². The van der Waals surface area contributed by atoms with Gasteiger partial charge in [-0.1, -0.05) is 12.7 Å². The van der Waals surface area contributed by atoms with E-state index in [1.54, 1.807) is 12.3 Å². The molecule has 0 amide bonds. The lowest BCUT2D eigenvalue weighted by Crippen LogP contribution is -1.98. The summed E-state index contributed by atoms with van der Waals surface area (Å²) in [5.74, 6) is 0. The zero-order valence-corrected chi connectivity index (χ0v) is 7.80. The second-order valence-corrected chi connectivity index (χ2v) is 2.48. The zero-order chi connectivity index (χ0) is 9.56. The van der Waals surface area contributed by atoms with Crippen molar-refractivity contribution in [2.45, 2.75) is 20.3 Å². The number of hydrogen-bond acceptors (Lipinski definition) is 2. The average molecular weight is 164 g/mol. The van der Waals surface area contributed by atoms with E-state index in [-0.39, 0.29) is 0 Å². The molecular weight excluding hydrogens is 148 g/mol. The molecule has 0 aromatic carbocycles. The summed E-state index contributed by atoms with van der Waals surface area (Å²) < 4.78 is 0. The van der Waals surface area contributed by atoms with Gasteiger partial charge in [0.25, 0.3) is 0 Å². The summed E-state index contributed by atoms with van der Waals surface area (Å²) >= 11 is 0. The van der Waals surface area contributed by atoms with Crippen LogP contribution in [0.15, 0.2) is 41.2 Å². The Kier molecular flexibility index (Phi) is 4.77. The highest BCUT2D eigenvalue weighted by Gasteiger charge is 1.98. The predicted octanol–water partition coefficient (Wildman–Crippen LogP) is 2.40. The van der Waals surface area contributed by atoms with Gasteiger partial charge in [-0.15, -0.1) is 6.58 Å². The number of allylic oxidation sites excluding steroid dienone is 2. The molecule has 66 valence electrons. The highest BCUT2D eigenvalue weighted by molar-refractivity contribution is 5.56. The Hall–Kier alpha value is -1.31. The molecule has 2 nitrogen and oxygen atoms in total. The monoisotopic (exact) mass is 164 g/mol. The Bertz CT molecular complexity index is 234. The van der Waals surface area contributed by atoms with Gasteiger partial charge in [0.1, 0.15) is 0 Å². The summed E-state index contributed by atoms with van der Waals surface area (Å²) in [6.45, 7) is 11.1. The fourth-order valence-electron chi connectivity index (χ4n) is 0.781. The normalized spacial score (nSPS) is 12.8. The van der Waals surface area contributed by atoms with E-state index < -0.39 is 0 Å². The molecule has 0 heterocycles. The molecule has 0 aliphatic carbocycles. The number of hydrogen-bond donors (Lipinski definition) is 1. The highest BCUT2D eigenvalue weighted by atomic mass is 14.7. The van der Waals surface area contributed by atoms with E-state index >= 15 is 0 Å². The van der Waals surface area contributed by atoms with Crippen molar-refractivity contribution < 1.29 is 0 Å². The second kappa shape index (κ2) is 5.35. The molecule has 0 radical (unpaired) electrons. The molecule has 0 aliphatic rings. The van der Waals surface area contributed by atoms with Crippen LogP contribution >= 0.6 is 0 Å². The van der Waals surface area contributed by atoms with Crippen molar-refractivity contribution in [1.82, 2.24) is 0 Å². The third kappa shape index (κ3) is 3.19. The molecular formula is C10H16N2. The van der Waals surface area contributed by atoms with Crippen molar-refractivity contribution in [3.8, 4) is 0 Å². The minimum absolute atomic E-state index is 0.567. The smallest absolute Gasteiger partial charge is 0.0486 e. The van der Waals surface area contributed by atoms with Gasteiger partial charge in [0.2, 0.25) is 0 Å². The molecule has 0 aromatic rings. The number of aliphatic imine (C=N–C) groups is 1. The van der Waals surface area contributed by atoms with Gasteiger partial charge in [-0.3, -0.25) is 4.99 Å². The highest BCUT2D eigenvalue weighted by Crippen LogP contribution is 2.13. The van der Waals surface area contributed by atoms with Gasteiger partial charge < -0.3 is 5.73 Å². The van der Waals surface area contributed by atoms with Crippen LogP contribution < -0.4 is 5.73 Å². The van der Waals surface area contributed by atoms with Gasteiger partial charge >= 0.3 is 0 Å². The van der Waals surface area contributed by atoms with E-state index in [1.807, 2.05) is 13.8 Å². The Labute approximate surface area is 74.2 Å². The topological polar surface area (TPSA) is 38.4 Å². The first-order valence-electron chi connectivity index (χ1n) is 3.87. The Morgan fingerprint density at radius 3 is 2.50 bits per heavy atom. The van der Waals surface area contributed by atoms with Crippen LogP contribution in [-0.2, 0) is 0 Å². The molecule has 2 N–H and O–H groups in total. The maximum Gasteiger partial charge on any atom is 0.0486 e. The van der Waals surface area contributed by atoms with Crippen molar-refractivity contribution in [3.05, 3.63) is 36.2 Å². The van der Waals surface area contributed by atoms with Crippen LogP contribution in [0, 0.1) is 0 Å². The summed E-state index contributed by atoms with van der Waals surface area (Å²) in [6, 6.07) is 0. The van der Waals surface area contributed by atoms with Crippen molar-refractivity contribution in [3.63, 3.8) is 0 Å². The maximum atomic E-state index is 5.54. The van der Waals surface area contributed by atoms with Crippen LogP contribution in [0.3, 0.4) is 0 Å². The van der Waals surface area contributed by atoms with Crippen molar-refractivity contribution in [1.29, 1.82) is 0 Å². The third-order valence-corrected chi connectivity index (χ3v) is 1.54. The van der Waals surface area contributed by atoms with Crippen LogP contribution in [-0.4, -0.2) is 6.21 Å². The second-order valence-electron chi connectivity index (χ2n) is 2.48. The number of nitrogens with two attached hydrogens (primary N) is 1. The molecule has 0 unspecified atom stereocenters.